The largest absolute Gasteiger partial charge is 0.480 e. The van der Waals surface area contributed by atoms with Crippen LogP contribution in [0, 0.1) is 10.2 Å². The summed E-state index contributed by atoms with van der Waals surface area (Å²) in [6.45, 7) is 0. The van der Waals surface area contributed by atoms with E-state index in [4.69, 9.17) is 29.5 Å². The zero-order valence-corrected chi connectivity index (χ0v) is 8.70. The molecule has 7 nitrogen and oxygen atoms in total. The van der Waals surface area contributed by atoms with E-state index in [9.17, 15) is 4.79 Å². The first kappa shape index (κ1) is 14.8. The Kier molecular flexibility index (Phi) is 5.89. The average Bonchev–Trinajstić information content (AvgIpc) is 2.15. The van der Waals surface area contributed by atoms with Gasteiger partial charge in [0.05, 0.1) is 14.9 Å². The van der Waals surface area contributed by atoms with Crippen molar-refractivity contribution < 1.29 is 38.8 Å². The summed E-state index contributed by atoms with van der Waals surface area (Å²) in [5.41, 5.74) is 5.96. The van der Waals surface area contributed by atoms with Crippen molar-refractivity contribution in [2.24, 2.45) is 5.73 Å². The molecular weight excluding hydrogens is 242 g/mol. The van der Waals surface area contributed by atoms with Crippen LogP contribution < -0.4 is 19.7 Å². The predicted octanol–water partition coefficient (Wildman–Crippen LogP) is -3.35. The number of nitrogens with two attached hydrogens (primary N) is 1. The normalized spacial score (nSPS) is 12.3. The van der Waals surface area contributed by atoms with E-state index in [2.05, 4.69) is 0 Å². The van der Waals surface area contributed by atoms with E-state index in [1.54, 1.807) is 24.3 Å². The van der Waals surface area contributed by atoms with Crippen molar-refractivity contribution >= 4 is 5.97 Å². The van der Waals surface area contributed by atoms with Gasteiger partial charge >= 0.3 is 5.97 Å². The van der Waals surface area contributed by atoms with Crippen LogP contribution in [0.1, 0.15) is 11.6 Å². The molecule has 4 N–H and O–H groups in total. The van der Waals surface area contributed by atoms with Crippen molar-refractivity contribution in [3.63, 3.8) is 0 Å². The number of aliphatic carboxylic acids is 1. The van der Waals surface area contributed by atoms with Gasteiger partial charge < -0.3 is 10.8 Å². The lowest BCUT2D eigenvalue weighted by molar-refractivity contribution is -1.92. The number of rotatable bonds is 2. The molecule has 1 atom stereocenters. The molecule has 0 radical (unpaired) electrons. The molecule has 0 aliphatic rings. The van der Waals surface area contributed by atoms with Crippen LogP contribution in [0.2, 0.25) is 0 Å². The molecule has 1 aromatic carbocycles. The van der Waals surface area contributed by atoms with Gasteiger partial charge in [-0.2, -0.15) is 14.0 Å². The van der Waals surface area contributed by atoms with Gasteiger partial charge in [-0.1, -0.05) is 30.3 Å². The maximum absolute atomic E-state index is 10.4. The Morgan fingerprint density at radius 3 is 1.94 bits per heavy atom. The molecule has 0 spiro atoms. The second kappa shape index (κ2) is 6.38. The summed E-state index contributed by atoms with van der Waals surface area (Å²) in [7, 11) is -4.69. The second-order valence-electron chi connectivity index (χ2n) is 2.62. The molecule has 0 aliphatic heterocycles. The molecule has 0 amide bonds. The molecular formula is C8H10ClNO6. The monoisotopic (exact) mass is 251 g/mol. The molecule has 1 rings (SSSR count). The molecule has 0 heterocycles. The van der Waals surface area contributed by atoms with Gasteiger partial charge in [0.25, 0.3) is 0 Å². The third-order valence-electron chi connectivity index (χ3n) is 1.42. The summed E-state index contributed by atoms with van der Waals surface area (Å²) in [4.78, 5) is 10.4. The highest BCUT2D eigenvalue weighted by Crippen LogP contribution is 2.08. The van der Waals surface area contributed by atoms with Crippen LogP contribution in [-0.4, -0.2) is 15.7 Å². The molecule has 0 fully saturated rings. The quantitative estimate of drug-likeness (QED) is 0.496. The van der Waals surface area contributed by atoms with Crippen molar-refractivity contribution in [3.05, 3.63) is 35.9 Å². The lowest BCUT2D eigenvalue weighted by Gasteiger charge is -2.04. The van der Waals surface area contributed by atoms with Crippen molar-refractivity contribution in [2.75, 3.05) is 0 Å². The summed E-state index contributed by atoms with van der Waals surface area (Å²) in [6, 6.07) is 7.82. The Labute approximate surface area is 93.1 Å². The highest BCUT2D eigenvalue weighted by molar-refractivity contribution is 5.75. The Bertz CT molecular complexity index is 319. The second-order valence-corrected chi connectivity index (χ2v) is 3.41. The Balaban J connectivity index is 0.000000385. The molecule has 0 saturated heterocycles. The van der Waals surface area contributed by atoms with E-state index in [1.807, 2.05) is 6.07 Å². The van der Waals surface area contributed by atoms with Gasteiger partial charge in [-0.25, -0.2) is 0 Å². The van der Waals surface area contributed by atoms with Crippen LogP contribution in [0.15, 0.2) is 30.3 Å². The number of carbonyl (C=O) groups is 1. The summed E-state index contributed by atoms with van der Waals surface area (Å²) in [5, 5.41) is 8.51. The molecule has 0 bridgehead atoms. The van der Waals surface area contributed by atoms with Crippen LogP contribution in [0.3, 0.4) is 0 Å². The van der Waals surface area contributed by atoms with Gasteiger partial charge in [0, 0.05) is 0 Å². The molecule has 1 unspecified atom stereocenters. The molecule has 0 aromatic heterocycles. The van der Waals surface area contributed by atoms with Crippen LogP contribution in [0.5, 0.6) is 0 Å². The van der Waals surface area contributed by atoms with E-state index < -0.39 is 22.3 Å². The lowest BCUT2D eigenvalue weighted by atomic mass is 10.1. The van der Waals surface area contributed by atoms with Crippen LogP contribution in [0.25, 0.3) is 0 Å². The Hall–Kier alpha value is -1.22. The van der Waals surface area contributed by atoms with Gasteiger partial charge in [0.15, 0.2) is 0 Å². The Morgan fingerprint density at radius 1 is 1.25 bits per heavy atom. The fraction of sp³-hybridized carbons (Fsp3) is 0.125. The number of benzene rings is 1. The number of halogens is 1. The first-order valence-corrected chi connectivity index (χ1v) is 5.14. The zero-order valence-electron chi connectivity index (χ0n) is 7.95. The highest BCUT2D eigenvalue weighted by Gasteiger charge is 2.12. The van der Waals surface area contributed by atoms with Crippen molar-refractivity contribution in [2.45, 2.75) is 6.04 Å². The predicted molar refractivity (Wildman–Crippen MR) is 43.2 cm³/mol. The minimum absolute atomic E-state index is 0.625. The first-order valence-electron chi connectivity index (χ1n) is 3.88. The van der Waals surface area contributed by atoms with Crippen LogP contribution in [0.4, 0.5) is 0 Å². The van der Waals surface area contributed by atoms with Crippen molar-refractivity contribution in [1.82, 2.24) is 0 Å². The van der Waals surface area contributed by atoms with Gasteiger partial charge in [-0.15, -0.1) is 0 Å². The number of carboxylic acids is 1. The third kappa shape index (κ3) is 8.12. The zero-order chi connectivity index (χ0) is 12.8. The van der Waals surface area contributed by atoms with E-state index in [1.165, 1.54) is 0 Å². The first-order chi connectivity index (χ1) is 7.22. The minimum atomic E-state index is -4.69. The van der Waals surface area contributed by atoms with E-state index >= 15 is 0 Å². The van der Waals surface area contributed by atoms with Crippen LogP contribution in [-0.2, 0) is 4.79 Å². The fourth-order valence-corrected chi connectivity index (χ4v) is 0.803. The van der Waals surface area contributed by atoms with E-state index in [-0.39, 0.29) is 0 Å². The molecule has 1 aromatic rings. The molecule has 90 valence electrons. The summed E-state index contributed by atoms with van der Waals surface area (Å²) in [6.07, 6.45) is 0. The molecule has 0 saturated carbocycles. The maximum atomic E-state index is 10.4. The average molecular weight is 252 g/mol. The fourth-order valence-electron chi connectivity index (χ4n) is 0.803. The number of carboxylic acid groups (broad SMARTS) is 1. The SMILES string of the molecule is NC(C(=O)O)c1ccccc1.[O-][Cl+3]([O-])([O-])O. The van der Waals surface area contributed by atoms with Gasteiger partial charge in [0.2, 0.25) is 0 Å². The van der Waals surface area contributed by atoms with E-state index in [0.717, 1.165) is 0 Å². The highest BCUT2D eigenvalue weighted by atomic mass is 35.7. The summed E-state index contributed by atoms with van der Waals surface area (Å²) in [5.74, 6) is -1.00. The third-order valence-corrected chi connectivity index (χ3v) is 1.42. The van der Waals surface area contributed by atoms with Gasteiger partial charge in [-0.05, 0) is 5.56 Å². The molecule has 0 aliphatic carbocycles. The van der Waals surface area contributed by atoms with Crippen molar-refractivity contribution in [1.29, 1.82) is 0 Å². The Morgan fingerprint density at radius 2 is 1.62 bits per heavy atom. The van der Waals surface area contributed by atoms with E-state index in [0.29, 0.717) is 5.56 Å². The number of hydrogen-bond acceptors (Lipinski definition) is 6. The topological polar surface area (TPSA) is 153 Å². The molecule has 8 heteroatoms. The standard InChI is InChI=1S/C8H9NO2.ClHO4/c9-7(8(10)11)6-4-2-1-3-5-6;2-1(3,4)5/h1-5,7H,9H2,(H,10,11);(H,2,3,4,5). The minimum Gasteiger partial charge on any atom is -0.480 e. The summed E-state index contributed by atoms with van der Waals surface area (Å²) >= 11 is 0. The molecule has 16 heavy (non-hydrogen) atoms. The van der Waals surface area contributed by atoms with Crippen LogP contribution >= 0.6 is 0 Å². The van der Waals surface area contributed by atoms with Gasteiger partial charge in [0.1, 0.15) is 6.04 Å². The van der Waals surface area contributed by atoms with Gasteiger partial charge in [-0.3, -0.25) is 4.79 Å². The number of hydrogen-bond donors (Lipinski definition) is 3. The maximum Gasteiger partial charge on any atom is 0.325 e. The summed E-state index contributed by atoms with van der Waals surface area (Å²) < 4.78 is 32.7. The smallest absolute Gasteiger partial charge is 0.325 e. The van der Waals surface area contributed by atoms with Crippen molar-refractivity contribution in [3.8, 4) is 0 Å². The lowest BCUT2D eigenvalue weighted by Crippen LogP contribution is -2.58.